The van der Waals surface area contributed by atoms with E-state index in [0.29, 0.717) is 11.3 Å². The smallest absolute Gasteiger partial charge is 0.225 e. The molecule has 112 valence electrons. The van der Waals surface area contributed by atoms with Gasteiger partial charge in [0.25, 0.3) is 0 Å². The molecule has 0 radical (unpaired) electrons. The average Bonchev–Trinajstić information content (AvgIpc) is 2.89. The summed E-state index contributed by atoms with van der Waals surface area (Å²) in [6, 6.07) is 7.99. The van der Waals surface area contributed by atoms with Crippen molar-refractivity contribution >= 4 is 21.9 Å². The van der Waals surface area contributed by atoms with E-state index in [9.17, 15) is 0 Å². The van der Waals surface area contributed by atoms with E-state index in [0.717, 1.165) is 43.6 Å². The molecule has 1 aromatic carbocycles. The Labute approximate surface area is 131 Å². The summed E-state index contributed by atoms with van der Waals surface area (Å²) >= 11 is 3.36. The predicted octanol–water partition coefficient (Wildman–Crippen LogP) is 1.93. The van der Waals surface area contributed by atoms with Gasteiger partial charge in [0, 0.05) is 13.1 Å². The van der Waals surface area contributed by atoms with Gasteiger partial charge in [-0.05, 0) is 33.6 Å². The molecule has 0 N–H and O–H groups in total. The van der Waals surface area contributed by atoms with Crippen molar-refractivity contribution in [3.8, 4) is 5.75 Å². The van der Waals surface area contributed by atoms with Gasteiger partial charge in [-0.25, -0.2) is 4.68 Å². The lowest BCUT2D eigenvalue weighted by atomic mass is 10.2. The van der Waals surface area contributed by atoms with Crippen LogP contribution in [0.2, 0.25) is 0 Å². The van der Waals surface area contributed by atoms with Crippen LogP contribution >= 0.6 is 15.9 Å². The second-order valence-corrected chi connectivity index (χ2v) is 5.50. The minimum Gasteiger partial charge on any atom is -0.497 e. The van der Waals surface area contributed by atoms with Crippen molar-refractivity contribution in [3.05, 3.63) is 34.6 Å². The van der Waals surface area contributed by atoms with E-state index in [1.807, 2.05) is 28.9 Å². The lowest BCUT2D eigenvalue weighted by Crippen LogP contribution is -2.38. The number of halogens is 1. The quantitative estimate of drug-likeness (QED) is 0.841. The number of hydrogen-bond acceptors (Lipinski definition) is 5. The lowest BCUT2D eigenvalue weighted by molar-refractivity contribution is 0.121. The number of rotatable bonds is 4. The van der Waals surface area contributed by atoms with Crippen LogP contribution < -0.4 is 9.64 Å². The Morgan fingerprint density at radius 1 is 1.24 bits per heavy atom. The lowest BCUT2D eigenvalue weighted by Gasteiger charge is -2.27. The summed E-state index contributed by atoms with van der Waals surface area (Å²) in [7, 11) is 1.67. The summed E-state index contributed by atoms with van der Waals surface area (Å²) in [5.74, 6) is 1.73. The predicted molar refractivity (Wildman–Crippen MR) is 82.9 cm³/mol. The van der Waals surface area contributed by atoms with Crippen LogP contribution in [-0.4, -0.2) is 48.2 Å². The molecule has 6 nitrogen and oxygen atoms in total. The highest BCUT2D eigenvalue weighted by Crippen LogP contribution is 2.19. The standard InChI is InChI=1S/C14H17BrN4O2/c1-20-12-4-2-11(3-5-12)10-19-14(16-13(15)17-19)18-6-8-21-9-7-18/h2-5H,6-10H2,1H3. The first-order valence-corrected chi connectivity index (χ1v) is 7.61. The summed E-state index contributed by atoms with van der Waals surface area (Å²) in [6.45, 7) is 3.82. The highest BCUT2D eigenvalue weighted by molar-refractivity contribution is 9.10. The van der Waals surface area contributed by atoms with Crippen molar-refractivity contribution in [1.82, 2.24) is 14.8 Å². The molecule has 0 spiro atoms. The Kier molecular flexibility index (Phi) is 4.40. The Hall–Kier alpha value is -1.60. The molecule has 0 bridgehead atoms. The molecule has 1 aliphatic rings. The highest BCUT2D eigenvalue weighted by atomic mass is 79.9. The largest absolute Gasteiger partial charge is 0.497 e. The van der Waals surface area contributed by atoms with Gasteiger partial charge in [-0.1, -0.05) is 12.1 Å². The fraction of sp³-hybridized carbons (Fsp3) is 0.429. The summed E-state index contributed by atoms with van der Waals surface area (Å²) in [4.78, 5) is 6.68. The van der Waals surface area contributed by atoms with E-state index in [1.54, 1.807) is 7.11 Å². The molecular weight excluding hydrogens is 336 g/mol. The van der Waals surface area contributed by atoms with Gasteiger partial charge in [0.15, 0.2) is 0 Å². The first kappa shape index (κ1) is 14.3. The summed E-state index contributed by atoms with van der Waals surface area (Å²) in [5, 5.41) is 4.43. The Bertz CT molecular complexity index is 594. The normalized spacial score (nSPS) is 15.2. The number of benzene rings is 1. The van der Waals surface area contributed by atoms with Gasteiger partial charge in [-0.3, -0.25) is 0 Å². The van der Waals surface area contributed by atoms with Gasteiger partial charge >= 0.3 is 0 Å². The fourth-order valence-corrected chi connectivity index (χ4v) is 2.66. The fourth-order valence-electron chi connectivity index (χ4n) is 2.31. The van der Waals surface area contributed by atoms with Crippen molar-refractivity contribution in [2.75, 3.05) is 38.3 Å². The number of nitrogens with zero attached hydrogens (tertiary/aromatic N) is 4. The Balaban J connectivity index is 1.80. The van der Waals surface area contributed by atoms with Crippen LogP contribution in [0, 0.1) is 0 Å². The molecule has 2 heterocycles. The van der Waals surface area contributed by atoms with Gasteiger partial charge in [0.05, 0.1) is 26.9 Å². The molecule has 0 saturated carbocycles. The zero-order valence-corrected chi connectivity index (χ0v) is 13.4. The second-order valence-electron chi connectivity index (χ2n) is 4.79. The van der Waals surface area contributed by atoms with Crippen molar-refractivity contribution in [3.63, 3.8) is 0 Å². The number of methoxy groups -OCH3 is 1. The van der Waals surface area contributed by atoms with Crippen molar-refractivity contribution in [2.24, 2.45) is 0 Å². The van der Waals surface area contributed by atoms with E-state index < -0.39 is 0 Å². The van der Waals surface area contributed by atoms with Gasteiger partial charge in [-0.15, -0.1) is 5.10 Å². The maximum atomic E-state index is 5.39. The van der Waals surface area contributed by atoms with Crippen molar-refractivity contribution in [2.45, 2.75) is 6.54 Å². The molecular formula is C14H17BrN4O2. The van der Waals surface area contributed by atoms with Gasteiger partial charge in [0.2, 0.25) is 10.7 Å². The van der Waals surface area contributed by atoms with E-state index >= 15 is 0 Å². The molecule has 21 heavy (non-hydrogen) atoms. The van der Waals surface area contributed by atoms with E-state index in [1.165, 1.54) is 0 Å². The molecule has 1 aromatic heterocycles. The van der Waals surface area contributed by atoms with Crippen molar-refractivity contribution in [1.29, 1.82) is 0 Å². The minimum absolute atomic E-state index is 0.609. The Morgan fingerprint density at radius 3 is 2.62 bits per heavy atom. The average molecular weight is 353 g/mol. The number of hydrogen-bond donors (Lipinski definition) is 0. The van der Waals surface area contributed by atoms with Crippen LogP contribution in [0.5, 0.6) is 5.75 Å². The van der Waals surface area contributed by atoms with Crippen LogP contribution in [0.15, 0.2) is 29.0 Å². The summed E-state index contributed by atoms with van der Waals surface area (Å²) in [6.07, 6.45) is 0. The molecule has 1 fully saturated rings. The van der Waals surface area contributed by atoms with Crippen LogP contribution in [0.3, 0.4) is 0 Å². The third kappa shape index (κ3) is 3.36. The van der Waals surface area contributed by atoms with Gasteiger partial charge < -0.3 is 14.4 Å². The van der Waals surface area contributed by atoms with Crippen molar-refractivity contribution < 1.29 is 9.47 Å². The minimum atomic E-state index is 0.609. The van der Waals surface area contributed by atoms with Crippen LogP contribution in [0.4, 0.5) is 5.95 Å². The number of morpholine rings is 1. The first-order valence-electron chi connectivity index (χ1n) is 6.82. The van der Waals surface area contributed by atoms with E-state index in [4.69, 9.17) is 9.47 Å². The molecule has 0 aliphatic carbocycles. The highest BCUT2D eigenvalue weighted by Gasteiger charge is 2.18. The maximum Gasteiger partial charge on any atom is 0.225 e. The zero-order valence-electron chi connectivity index (χ0n) is 11.8. The topological polar surface area (TPSA) is 52.4 Å². The summed E-state index contributed by atoms with van der Waals surface area (Å²) in [5.41, 5.74) is 1.16. The molecule has 2 aromatic rings. The molecule has 1 aliphatic heterocycles. The first-order chi connectivity index (χ1) is 10.3. The van der Waals surface area contributed by atoms with Crippen LogP contribution in [-0.2, 0) is 11.3 Å². The zero-order chi connectivity index (χ0) is 14.7. The number of anilines is 1. The molecule has 0 amide bonds. The Morgan fingerprint density at radius 2 is 1.95 bits per heavy atom. The van der Waals surface area contributed by atoms with Gasteiger partial charge in [-0.2, -0.15) is 4.98 Å². The molecule has 1 saturated heterocycles. The molecule has 0 atom stereocenters. The van der Waals surface area contributed by atoms with E-state index in [2.05, 4.69) is 30.9 Å². The summed E-state index contributed by atoms with van der Waals surface area (Å²) < 4.78 is 13.1. The third-order valence-electron chi connectivity index (χ3n) is 3.41. The monoisotopic (exact) mass is 352 g/mol. The molecule has 7 heteroatoms. The van der Waals surface area contributed by atoms with Crippen LogP contribution in [0.25, 0.3) is 0 Å². The molecule has 3 rings (SSSR count). The number of aromatic nitrogens is 3. The van der Waals surface area contributed by atoms with E-state index in [-0.39, 0.29) is 0 Å². The third-order valence-corrected chi connectivity index (χ3v) is 3.75. The second kappa shape index (κ2) is 6.44. The van der Waals surface area contributed by atoms with Gasteiger partial charge in [0.1, 0.15) is 5.75 Å². The molecule has 0 unspecified atom stereocenters. The SMILES string of the molecule is COc1ccc(Cn2nc(Br)nc2N2CCOCC2)cc1. The maximum absolute atomic E-state index is 5.39. The van der Waals surface area contributed by atoms with Crippen LogP contribution in [0.1, 0.15) is 5.56 Å². The number of ether oxygens (including phenoxy) is 2.